The third-order valence-corrected chi connectivity index (χ3v) is 1.66. The van der Waals surface area contributed by atoms with Crippen LogP contribution in [0.25, 0.3) is 0 Å². The molecule has 0 aliphatic carbocycles. The molecular weight excluding hydrogens is 210 g/mol. The van der Waals surface area contributed by atoms with Crippen LogP contribution in [-0.2, 0) is 14.3 Å². The van der Waals surface area contributed by atoms with Gasteiger partial charge in [-0.2, -0.15) is 0 Å². The molecule has 0 aromatic heterocycles. The van der Waals surface area contributed by atoms with Crippen LogP contribution in [0.3, 0.4) is 0 Å². The Morgan fingerprint density at radius 3 is 2.57 bits per heavy atom. The molecule has 0 aromatic rings. The average molecular weight is 224 g/mol. The molecule has 14 heavy (non-hydrogen) atoms. The van der Waals surface area contributed by atoms with Gasteiger partial charge in [-0.05, 0) is 13.3 Å². The zero-order valence-electron chi connectivity index (χ0n) is 8.21. The summed E-state index contributed by atoms with van der Waals surface area (Å²) in [5.41, 5.74) is 0. The molecule has 0 bridgehead atoms. The van der Waals surface area contributed by atoms with Crippen molar-refractivity contribution < 1.29 is 19.1 Å². The molecular formula is C8H14ClNO4. The van der Waals surface area contributed by atoms with Crippen LogP contribution in [0, 0.1) is 0 Å². The SMILES string of the molecule is CCOC(=O)[C@H](CCCl)NC(=O)OC. The Balaban J connectivity index is 4.13. The average Bonchev–Trinajstić information content (AvgIpc) is 2.17. The summed E-state index contributed by atoms with van der Waals surface area (Å²) in [4.78, 5) is 22.1. The van der Waals surface area contributed by atoms with E-state index in [1.165, 1.54) is 7.11 Å². The normalized spacial score (nSPS) is 11.6. The lowest BCUT2D eigenvalue weighted by Gasteiger charge is -2.14. The third kappa shape index (κ3) is 4.91. The number of rotatable bonds is 5. The van der Waals surface area contributed by atoms with Gasteiger partial charge in [0.25, 0.3) is 0 Å². The monoisotopic (exact) mass is 223 g/mol. The maximum atomic E-state index is 11.2. The summed E-state index contributed by atoms with van der Waals surface area (Å²) in [6.07, 6.45) is -0.358. The van der Waals surface area contributed by atoms with E-state index in [9.17, 15) is 9.59 Å². The minimum atomic E-state index is -0.736. The van der Waals surface area contributed by atoms with Crippen molar-refractivity contribution in [3.63, 3.8) is 0 Å². The number of alkyl carbamates (subject to hydrolysis) is 1. The summed E-state index contributed by atoms with van der Waals surface area (Å²) in [5.74, 6) is -0.244. The minimum absolute atomic E-state index is 0.257. The smallest absolute Gasteiger partial charge is 0.407 e. The molecule has 82 valence electrons. The predicted octanol–water partition coefficient (Wildman–Crippen LogP) is 0.903. The van der Waals surface area contributed by atoms with E-state index in [2.05, 4.69) is 10.1 Å². The summed E-state index contributed by atoms with van der Waals surface area (Å²) in [5, 5.41) is 2.33. The van der Waals surface area contributed by atoms with Gasteiger partial charge in [0.05, 0.1) is 13.7 Å². The Hall–Kier alpha value is -0.970. The highest BCUT2D eigenvalue weighted by atomic mass is 35.5. The number of halogens is 1. The van der Waals surface area contributed by atoms with E-state index in [-0.39, 0.29) is 12.5 Å². The first-order valence-electron chi connectivity index (χ1n) is 4.22. The fourth-order valence-electron chi connectivity index (χ4n) is 0.802. The molecule has 0 heterocycles. The molecule has 0 rings (SSSR count). The second kappa shape index (κ2) is 7.44. The van der Waals surface area contributed by atoms with Crippen molar-refractivity contribution in [3.05, 3.63) is 0 Å². The van der Waals surface area contributed by atoms with Gasteiger partial charge in [-0.1, -0.05) is 0 Å². The van der Waals surface area contributed by atoms with Crippen molar-refractivity contribution in [1.29, 1.82) is 0 Å². The van der Waals surface area contributed by atoms with Crippen LogP contribution >= 0.6 is 11.6 Å². The fraction of sp³-hybridized carbons (Fsp3) is 0.750. The zero-order chi connectivity index (χ0) is 11.0. The van der Waals surface area contributed by atoms with Crippen molar-refractivity contribution >= 4 is 23.7 Å². The molecule has 0 saturated carbocycles. The van der Waals surface area contributed by atoms with E-state index in [0.29, 0.717) is 6.42 Å². The van der Waals surface area contributed by atoms with Gasteiger partial charge in [0.15, 0.2) is 0 Å². The van der Waals surface area contributed by atoms with E-state index < -0.39 is 18.1 Å². The number of esters is 1. The molecule has 0 aromatic carbocycles. The molecule has 0 spiro atoms. The number of alkyl halides is 1. The highest BCUT2D eigenvalue weighted by Gasteiger charge is 2.21. The first-order valence-corrected chi connectivity index (χ1v) is 4.76. The van der Waals surface area contributed by atoms with Gasteiger partial charge in [-0.15, -0.1) is 11.6 Å². The van der Waals surface area contributed by atoms with Crippen molar-refractivity contribution in [3.8, 4) is 0 Å². The van der Waals surface area contributed by atoms with Crippen molar-refractivity contribution in [2.75, 3.05) is 19.6 Å². The number of carbonyl (C=O) groups excluding carboxylic acids is 2. The minimum Gasteiger partial charge on any atom is -0.464 e. The van der Waals surface area contributed by atoms with Crippen LogP contribution in [0.1, 0.15) is 13.3 Å². The summed E-state index contributed by atoms with van der Waals surface area (Å²) >= 11 is 5.47. The first-order chi connectivity index (χ1) is 6.65. The van der Waals surface area contributed by atoms with Crippen LogP contribution in [0.4, 0.5) is 4.79 Å². The van der Waals surface area contributed by atoms with E-state index >= 15 is 0 Å². The third-order valence-electron chi connectivity index (χ3n) is 1.45. The molecule has 0 unspecified atom stereocenters. The van der Waals surface area contributed by atoms with E-state index in [1.54, 1.807) is 6.92 Å². The van der Waals surface area contributed by atoms with Gasteiger partial charge in [-0.3, -0.25) is 0 Å². The number of nitrogens with one attached hydrogen (secondary N) is 1. The van der Waals surface area contributed by atoms with Gasteiger partial charge in [0.1, 0.15) is 6.04 Å². The van der Waals surface area contributed by atoms with E-state index in [1.807, 2.05) is 0 Å². The summed E-state index contributed by atoms with van der Waals surface area (Å²) < 4.78 is 9.09. The molecule has 1 amide bonds. The number of carbonyl (C=O) groups is 2. The number of ether oxygens (including phenoxy) is 2. The highest BCUT2D eigenvalue weighted by molar-refractivity contribution is 6.18. The van der Waals surface area contributed by atoms with Gasteiger partial charge in [0.2, 0.25) is 0 Å². The van der Waals surface area contributed by atoms with E-state index in [4.69, 9.17) is 16.3 Å². The van der Waals surface area contributed by atoms with Crippen molar-refractivity contribution in [1.82, 2.24) is 5.32 Å². The fourth-order valence-corrected chi connectivity index (χ4v) is 1.02. The van der Waals surface area contributed by atoms with Gasteiger partial charge >= 0.3 is 12.1 Å². The summed E-state index contributed by atoms with van der Waals surface area (Å²) in [6, 6.07) is -0.736. The Kier molecular flexibility index (Phi) is 6.92. The van der Waals surface area contributed by atoms with E-state index in [0.717, 1.165) is 0 Å². The lowest BCUT2D eigenvalue weighted by atomic mass is 10.2. The molecule has 1 atom stereocenters. The van der Waals surface area contributed by atoms with Crippen LogP contribution in [0.15, 0.2) is 0 Å². The lowest BCUT2D eigenvalue weighted by Crippen LogP contribution is -2.42. The number of amides is 1. The zero-order valence-corrected chi connectivity index (χ0v) is 8.97. The molecule has 0 saturated heterocycles. The Bertz CT molecular complexity index is 198. The van der Waals surface area contributed by atoms with Gasteiger partial charge in [-0.25, -0.2) is 9.59 Å². The quantitative estimate of drug-likeness (QED) is 0.556. The van der Waals surface area contributed by atoms with Crippen LogP contribution in [0.2, 0.25) is 0 Å². The summed E-state index contributed by atoms with van der Waals surface area (Å²) in [7, 11) is 1.22. The molecule has 0 aliphatic rings. The van der Waals surface area contributed by atoms with Crippen molar-refractivity contribution in [2.45, 2.75) is 19.4 Å². The molecule has 5 nitrogen and oxygen atoms in total. The lowest BCUT2D eigenvalue weighted by molar-refractivity contribution is -0.145. The maximum Gasteiger partial charge on any atom is 0.407 e. The first kappa shape index (κ1) is 13.0. The maximum absolute atomic E-state index is 11.2. The topological polar surface area (TPSA) is 64.6 Å². The Labute approximate surface area is 87.7 Å². The van der Waals surface area contributed by atoms with Crippen molar-refractivity contribution in [2.24, 2.45) is 0 Å². The molecule has 0 radical (unpaired) electrons. The Morgan fingerprint density at radius 2 is 2.14 bits per heavy atom. The largest absolute Gasteiger partial charge is 0.464 e. The van der Waals surface area contributed by atoms with Crippen LogP contribution < -0.4 is 5.32 Å². The van der Waals surface area contributed by atoms with Gasteiger partial charge < -0.3 is 14.8 Å². The number of methoxy groups -OCH3 is 1. The molecule has 1 N–H and O–H groups in total. The molecule has 0 fully saturated rings. The molecule has 6 heteroatoms. The molecule has 0 aliphatic heterocycles. The summed E-state index contributed by atoms with van der Waals surface area (Å²) in [6.45, 7) is 1.95. The number of hydrogen-bond donors (Lipinski definition) is 1. The second-order valence-corrected chi connectivity index (χ2v) is 2.80. The van der Waals surface area contributed by atoms with Crippen LogP contribution in [0.5, 0.6) is 0 Å². The van der Waals surface area contributed by atoms with Gasteiger partial charge in [0, 0.05) is 5.88 Å². The second-order valence-electron chi connectivity index (χ2n) is 2.42. The predicted molar refractivity (Wildman–Crippen MR) is 51.3 cm³/mol. The Morgan fingerprint density at radius 1 is 1.50 bits per heavy atom. The van der Waals surface area contributed by atoms with Crippen LogP contribution in [-0.4, -0.2) is 37.7 Å². The highest BCUT2D eigenvalue weighted by Crippen LogP contribution is 1.98. The standard InChI is InChI=1S/C8H14ClNO4/c1-3-14-7(11)6(4-5-9)10-8(12)13-2/h6H,3-5H2,1-2H3,(H,10,12)/t6-/m0/s1. The number of hydrogen-bond acceptors (Lipinski definition) is 4.